The fourth-order valence-electron chi connectivity index (χ4n) is 1.78. The third-order valence-electron chi connectivity index (χ3n) is 2.77. The molecule has 96 valence electrons. The number of nitrogens with one attached hydrogen (secondary N) is 1. The summed E-state index contributed by atoms with van der Waals surface area (Å²) in [4.78, 5) is 0. The van der Waals surface area contributed by atoms with Crippen LogP contribution in [0.15, 0.2) is 18.2 Å². The van der Waals surface area contributed by atoms with E-state index < -0.39 is 11.6 Å². The highest BCUT2D eigenvalue weighted by Gasteiger charge is 2.09. The van der Waals surface area contributed by atoms with E-state index >= 15 is 0 Å². The molecule has 0 bridgehead atoms. The zero-order chi connectivity index (χ0) is 12.8. The highest BCUT2D eigenvalue weighted by molar-refractivity contribution is 5.18. The van der Waals surface area contributed by atoms with E-state index in [1.807, 2.05) is 0 Å². The maximum atomic E-state index is 13.4. The maximum Gasteiger partial charge on any atom is 0.129 e. The molecule has 0 saturated heterocycles. The van der Waals surface area contributed by atoms with Crippen molar-refractivity contribution in [2.24, 2.45) is 5.92 Å². The van der Waals surface area contributed by atoms with Gasteiger partial charge in [0.15, 0.2) is 0 Å². The topological polar surface area (TPSA) is 12.0 Å². The van der Waals surface area contributed by atoms with Gasteiger partial charge in [-0.05, 0) is 36.9 Å². The monoisotopic (exact) mass is 241 g/mol. The molecule has 0 aliphatic rings. The molecule has 3 heteroatoms. The summed E-state index contributed by atoms with van der Waals surface area (Å²) in [6, 6.07) is 4.29. The molecule has 0 saturated carbocycles. The molecule has 1 aromatic rings. The molecule has 1 nitrogen and oxygen atoms in total. The number of hydrogen-bond acceptors (Lipinski definition) is 1. The van der Waals surface area contributed by atoms with E-state index in [2.05, 4.69) is 26.1 Å². The molecule has 17 heavy (non-hydrogen) atoms. The second-order valence-corrected chi connectivity index (χ2v) is 4.94. The lowest BCUT2D eigenvalue weighted by Gasteiger charge is -2.14. The van der Waals surface area contributed by atoms with Crippen molar-refractivity contribution in [3.63, 3.8) is 0 Å². The van der Waals surface area contributed by atoms with Gasteiger partial charge in [-0.25, -0.2) is 8.78 Å². The highest BCUT2D eigenvalue weighted by Crippen LogP contribution is 2.16. The lowest BCUT2D eigenvalue weighted by molar-refractivity contribution is 0.466. The Labute approximate surface area is 102 Å². The molecule has 0 amide bonds. The highest BCUT2D eigenvalue weighted by atomic mass is 19.1. The van der Waals surface area contributed by atoms with Gasteiger partial charge in [0.05, 0.1) is 0 Å². The second-order valence-electron chi connectivity index (χ2n) is 4.94. The van der Waals surface area contributed by atoms with Gasteiger partial charge in [-0.15, -0.1) is 0 Å². The van der Waals surface area contributed by atoms with E-state index in [0.717, 1.165) is 19.0 Å². The Morgan fingerprint density at radius 2 is 1.88 bits per heavy atom. The van der Waals surface area contributed by atoms with Crippen molar-refractivity contribution in [1.29, 1.82) is 0 Å². The number of halogens is 2. The Hall–Kier alpha value is -0.960. The van der Waals surface area contributed by atoms with Crippen molar-refractivity contribution in [1.82, 2.24) is 5.32 Å². The average molecular weight is 241 g/mol. The van der Waals surface area contributed by atoms with Crippen LogP contribution in [0.25, 0.3) is 0 Å². The summed E-state index contributed by atoms with van der Waals surface area (Å²) < 4.78 is 26.1. The van der Waals surface area contributed by atoms with Crippen LogP contribution in [0.5, 0.6) is 0 Å². The third kappa shape index (κ3) is 5.26. The van der Waals surface area contributed by atoms with Gasteiger partial charge in [0.1, 0.15) is 11.6 Å². The van der Waals surface area contributed by atoms with E-state index in [1.165, 1.54) is 12.1 Å². The Bertz CT molecular complexity index is 350. The molecule has 0 radical (unpaired) electrons. The van der Waals surface area contributed by atoms with E-state index in [-0.39, 0.29) is 0 Å². The van der Waals surface area contributed by atoms with Crippen LogP contribution in [0.2, 0.25) is 0 Å². The normalized spacial score (nSPS) is 13.1. The Morgan fingerprint density at radius 1 is 1.18 bits per heavy atom. The lowest BCUT2D eigenvalue weighted by atomic mass is 9.97. The van der Waals surface area contributed by atoms with Crippen molar-refractivity contribution < 1.29 is 8.78 Å². The fourth-order valence-corrected chi connectivity index (χ4v) is 1.78. The lowest BCUT2D eigenvalue weighted by Crippen LogP contribution is -2.25. The minimum atomic E-state index is -0.514. The summed E-state index contributed by atoms with van der Waals surface area (Å²) in [7, 11) is 0. The molecule has 1 rings (SSSR count). The first-order valence-corrected chi connectivity index (χ1v) is 6.16. The van der Waals surface area contributed by atoms with Gasteiger partial charge in [0, 0.05) is 12.1 Å². The summed E-state index contributed by atoms with van der Waals surface area (Å²) in [5.41, 5.74) is 0.600. The smallest absolute Gasteiger partial charge is 0.129 e. The molecule has 0 aliphatic heterocycles. The molecule has 0 aliphatic carbocycles. The zero-order valence-corrected chi connectivity index (χ0v) is 10.8. The largest absolute Gasteiger partial charge is 0.315 e. The molecular formula is C14H21F2N. The molecule has 0 aromatic heterocycles. The molecule has 1 aromatic carbocycles. The van der Waals surface area contributed by atoms with Crippen molar-refractivity contribution in [3.05, 3.63) is 35.4 Å². The molecule has 0 spiro atoms. The van der Waals surface area contributed by atoms with Crippen LogP contribution in [-0.2, 0) is 6.42 Å². The third-order valence-corrected chi connectivity index (χ3v) is 2.77. The first-order valence-electron chi connectivity index (χ1n) is 6.16. The SMILES string of the molecule is CC(CCNC(C)C)Cc1ccc(F)cc1F. The quantitative estimate of drug-likeness (QED) is 0.803. The van der Waals surface area contributed by atoms with Gasteiger partial charge in [0.25, 0.3) is 0 Å². The van der Waals surface area contributed by atoms with Gasteiger partial charge >= 0.3 is 0 Å². The summed E-state index contributed by atoms with van der Waals surface area (Å²) >= 11 is 0. The van der Waals surface area contributed by atoms with Crippen molar-refractivity contribution in [3.8, 4) is 0 Å². The van der Waals surface area contributed by atoms with Crippen LogP contribution in [0.1, 0.15) is 32.8 Å². The zero-order valence-electron chi connectivity index (χ0n) is 10.8. The number of benzene rings is 1. The molecule has 1 unspecified atom stereocenters. The van der Waals surface area contributed by atoms with E-state index in [4.69, 9.17) is 0 Å². The second kappa shape index (κ2) is 6.70. The Kier molecular flexibility index (Phi) is 5.56. The van der Waals surface area contributed by atoms with Crippen LogP contribution in [-0.4, -0.2) is 12.6 Å². The van der Waals surface area contributed by atoms with Crippen LogP contribution >= 0.6 is 0 Å². The van der Waals surface area contributed by atoms with Crippen molar-refractivity contribution in [2.75, 3.05) is 6.54 Å². The van der Waals surface area contributed by atoms with Crippen molar-refractivity contribution in [2.45, 2.75) is 39.7 Å². The maximum absolute atomic E-state index is 13.4. The molecule has 1 atom stereocenters. The molecular weight excluding hydrogens is 220 g/mol. The first kappa shape index (κ1) is 14.1. The number of hydrogen-bond donors (Lipinski definition) is 1. The average Bonchev–Trinajstić information content (AvgIpc) is 2.21. The molecule has 1 N–H and O–H groups in total. The van der Waals surface area contributed by atoms with E-state index in [1.54, 1.807) is 0 Å². The van der Waals surface area contributed by atoms with Gasteiger partial charge in [-0.2, -0.15) is 0 Å². The van der Waals surface area contributed by atoms with Crippen LogP contribution in [0.3, 0.4) is 0 Å². The van der Waals surface area contributed by atoms with E-state index in [0.29, 0.717) is 23.9 Å². The minimum Gasteiger partial charge on any atom is -0.315 e. The van der Waals surface area contributed by atoms with Crippen LogP contribution < -0.4 is 5.32 Å². The predicted molar refractivity (Wildman–Crippen MR) is 67.0 cm³/mol. The predicted octanol–water partition coefficient (Wildman–Crippen LogP) is 3.53. The van der Waals surface area contributed by atoms with Crippen LogP contribution in [0.4, 0.5) is 8.78 Å². The Morgan fingerprint density at radius 3 is 2.47 bits per heavy atom. The summed E-state index contributed by atoms with van der Waals surface area (Å²) in [6.07, 6.45) is 1.65. The van der Waals surface area contributed by atoms with E-state index in [9.17, 15) is 8.78 Å². The molecule has 0 fully saturated rings. The fraction of sp³-hybridized carbons (Fsp3) is 0.571. The summed E-state index contributed by atoms with van der Waals surface area (Å²) in [5, 5.41) is 3.33. The Balaban J connectivity index is 2.42. The van der Waals surface area contributed by atoms with Gasteiger partial charge in [-0.1, -0.05) is 26.8 Å². The standard InChI is InChI=1S/C14H21F2N/c1-10(2)17-7-6-11(3)8-12-4-5-13(15)9-14(12)16/h4-5,9-11,17H,6-8H2,1-3H3. The summed E-state index contributed by atoms with van der Waals surface area (Å²) in [6.45, 7) is 7.22. The van der Waals surface area contributed by atoms with Crippen molar-refractivity contribution >= 4 is 0 Å². The molecule has 0 heterocycles. The summed E-state index contributed by atoms with van der Waals surface area (Å²) in [5.74, 6) is -0.560. The van der Waals surface area contributed by atoms with Gasteiger partial charge < -0.3 is 5.32 Å². The minimum absolute atomic E-state index is 0.390. The van der Waals surface area contributed by atoms with Gasteiger partial charge in [0.2, 0.25) is 0 Å². The number of rotatable bonds is 6. The van der Waals surface area contributed by atoms with Crippen LogP contribution in [0, 0.1) is 17.6 Å². The first-order chi connectivity index (χ1) is 7.99. The van der Waals surface area contributed by atoms with Gasteiger partial charge in [-0.3, -0.25) is 0 Å².